The zero-order chi connectivity index (χ0) is 14.8. The lowest BCUT2D eigenvalue weighted by Crippen LogP contribution is -2.36. The van der Waals surface area contributed by atoms with Crippen LogP contribution in [0.2, 0.25) is 0 Å². The summed E-state index contributed by atoms with van der Waals surface area (Å²) in [5.41, 5.74) is 8.20. The van der Waals surface area contributed by atoms with Crippen molar-refractivity contribution in [3.05, 3.63) is 65.0 Å². The van der Waals surface area contributed by atoms with E-state index in [1.165, 1.54) is 6.07 Å². The Balaban J connectivity index is 2.38. The summed E-state index contributed by atoms with van der Waals surface area (Å²) in [4.78, 5) is 0. The zero-order valence-electron chi connectivity index (χ0n) is 12.1. The summed E-state index contributed by atoms with van der Waals surface area (Å²) in [5.74, 6) is 0.507. The molecule has 0 fully saturated rings. The van der Waals surface area contributed by atoms with Crippen LogP contribution in [0.4, 0.5) is 4.39 Å². The van der Waals surface area contributed by atoms with Crippen LogP contribution < -0.4 is 10.5 Å². The summed E-state index contributed by atoms with van der Waals surface area (Å²) in [5, 5.41) is 0. The van der Waals surface area contributed by atoms with Crippen LogP contribution in [-0.2, 0) is 12.0 Å². The summed E-state index contributed by atoms with van der Waals surface area (Å²) >= 11 is 0. The standard InChI is InChI=1S/C17H20FNO/c1-12-8-9-16(20-3)13(10-12)11-17(2,19)14-6-4-5-7-15(14)18/h4-10H,11,19H2,1-3H3. The molecule has 3 heteroatoms. The van der Waals surface area contributed by atoms with E-state index >= 15 is 0 Å². The largest absolute Gasteiger partial charge is 0.496 e. The zero-order valence-corrected chi connectivity index (χ0v) is 12.1. The molecule has 0 aromatic heterocycles. The minimum absolute atomic E-state index is 0.274. The van der Waals surface area contributed by atoms with Gasteiger partial charge in [0.25, 0.3) is 0 Å². The first-order valence-electron chi connectivity index (χ1n) is 6.61. The number of nitrogens with two attached hydrogens (primary N) is 1. The molecule has 0 aliphatic rings. The van der Waals surface area contributed by atoms with Crippen LogP contribution >= 0.6 is 0 Å². The van der Waals surface area contributed by atoms with E-state index in [-0.39, 0.29) is 5.82 Å². The van der Waals surface area contributed by atoms with Gasteiger partial charge in [0.05, 0.1) is 7.11 Å². The van der Waals surface area contributed by atoms with Crippen molar-refractivity contribution in [2.24, 2.45) is 5.73 Å². The molecule has 20 heavy (non-hydrogen) atoms. The first kappa shape index (κ1) is 14.5. The van der Waals surface area contributed by atoms with Crippen LogP contribution in [0.3, 0.4) is 0 Å². The molecule has 2 N–H and O–H groups in total. The lowest BCUT2D eigenvalue weighted by Gasteiger charge is -2.27. The van der Waals surface area contributed by atoms with E-state index in [0.29, 0.717) is 12.0 Å². The van der Waals surface area contributed by atoms with E-state index in [9.17, 15) is 4.39 Å². The Labute approximate surface area is 119 Å². The summed E-state index contributed by atoms with van der Waals surface area (Å²) in [7, 11) is 1.63. The highest BCUT2D eigenvalue weighted by atomic mass is 19.1. The summed E-state index contributed by atoms with van der Waals surface area (Å²) < 4.78 is 19.3. The molecule has 0 saturated heterocycles. The molecule has 0 heterocycles. The van der Waals surface area contributed by atoms with Crippen molar-refractivity contribution >= 4 is 0 Å². The molecule has 0 aliphatic heterocycles. The second-order valence-electron chi connectivity index (χ2n) is 5.39. The van der Waals surface area contributed by atoms with Crippen molar-refractivity contribution in [3.8, 4) is 5.75 Å². The average molecular weight is 273 g/mol. The predicted molar refractivity (Wildman–Crippen MR) is 79.4 cm³/mol. The van der Waals surface area contributed by atoms with Gasteiger partial charge in [0.2, 0.25) is 0 Å². The number of hydrogen-bond acceptors (Lipinski definition) is 2. The Kier molecular flexibility index (Phi) is 4.09. The van der Waals surface area contributed by atoms with Gasteiger partial charge < -0.3 is 10.5 Å². The predicted octanol–water partition coefficient (Wildman–Crippen LogP) is 3.56. The van der Waals surface area contributed by atoms with Crippen LogP contribution in [0.15, 0.2) is 42.5 Å². The van der Waals surface area contributed by atoms with Crippen molar-refractivity contribution in [1.29, 1.82) is 0 Å². The highest BCUT2D eigenvalue weighted by Crippen LogP contribution is 2.29. The number of benzene rings is 2. The van der Waals surface area contributed by atoms with E-state index in [1.807, 2.05) is 32.0 Å². The Morgan fingerprint density at radius 2 is 1.90 bits per heavy atom. The molecule has 0 amide bonds. The molecule has 1 unspecified atom stereocenters. The number of ether oxygens (including phenoxy) is 1. The third kappa shape index (κ3) is 2.99. The minimum atomic E-state index is -0.785. The molecule has 2 nitrogen and oxygen atoms in total. The molecule has 0 aliphatic carbocycles. The molecule has 2 aromatic rings. The summed E-state index contributed by atoms with van der Waals surface area (Å²) in [6.07, 6.45) is 0.513. The smallest absolute Gasteiger partial charge is 0.128 e. The van der Waals surface area contributed by atoms with Gasteiger partial charge in [-0.2, -0.15) is 0 Å². The molecule has 0 saturated carbocycles. The van der Waals surface area contributed by atoms with Crippen molar-refractivity contribution < 1.29 is 9.13 Å². The Morgan fingerprint density at radius 1 is 1.20 bits per heavy atom. The first-order valence-corrected chi connectivity index (χ1v) is 6.61. The van der Waals surface area contributed by atoms with Crippen molar-refractivity contribution in [1.82, 2.24) is 0 Å². The Hall–Kier alpha value is -1.87. The van der Waals surface area contributed by atoms with Crippen LogP contribution in [-0.4, -0.2) is 7.11 Å². The summed E-state index contributed by atoms with van der Waals surface area (Å²) in [6, 6.07) is 12.6. The van der Waals surface area contributed by atoms with Gasteiger partial charge in [-0.3, -0.25) is 0 Å². The highest BCUT2D eigenvalue weighted by Gasteiger charge is 2.26. The lowest BCUT2D eigenvalue weighted by molar-refractivity contribution is 0.396. The fourth-order valence-electron chi connectivity index (χ4n) is 2.46. The van der Waals surface area contributed by atoms with Gasteiger partial charge in [-0.15, -0.1) is 0 Å². The number of methoxy groups -OCH3 is 1. The van der Waals surface area contributed by atoms with Gasteiger partial charge in [0.1, 0.15) is 11.6 Å². The van der Waals surface area contributed by atoms with Gasteiger partial charge in [0.15, 0.2) is 0 Å². The Bertz CT molecular complexity index is 608. The highest BCUT2D eigenvalue weighted by molar-refractivity contribution is 5.39. The number of aryl methyl sites for hydroxylation is 1. The number of rotatable bonds is 4. The quantitative estimate of drug-likeness (QED) is 0.924. The van der Waals surface area contributed by atoms with E-state index in [4.69, 9.17) is 10.5 Å². The van der Waals surface area contributed by atoms with Gasteiger partial charge in [0, 0.05) is 11.1 Å². The maximum atomic E-state index is 13.9. The number of halogens is 1. The normalized spacial score (nSPS) is 13.8. The molecular weight excluding hydrogens is 253 g/mol. The van der Waals surface area contributed by atoms with Crippen LogP contribution in [0.1, 0.15) is 23.6 Å². The van der Waals surface area contributed by atoms with E-state index in [0.717, 1.165) is 16.9 Å². The SMILES string of the molecule is COc1ccc(C)cc1CC(C)(N)c1ccccc1F. The third-order valence-corrected chi connectivity index (χ3v) is 3.48. The molecule has 0 bridgehead atoms. The van der Waals surface area contributed by atoms with Crippen LogP contribution in [0.5, 0.6) is 5.75 Å². The second-order valence-corrected chi connectivity index (χ2v) is 5.39. The van der Waals surface area contributed by atoms with Gasteiger partial charge in [-0.1, -0.05) is 35.9 Å². The van der Waals surface area contributed by atoms with Gasteiger partial charge in [-0.05, 0) is 38.0 Å². The van der Waals surface area contributed by atoms with E-state index in [2.05, 4.69) is 0 Å². The van der Waals surface area contributed by atoms with E-state index < -0.39 is 5.54 Å². The van der Waals surface area contributed by atoms with Gasteiger partial charge in [-0.25, -0.2) is 4.39 Å². The fraction of sp³-hybridized carbons (Fsp3) is 0.294. The molecule has 0 radical (unpaired) electrons. The Morgan fingerprint density at radius 3 is 2.55 bits per heavy atom. The maximum Gasteiger partial charge on any atom is 0.128 e. The molecule has 0 spiro atoms. The molecule has 2 rings (SSSR count). The molecule has 2 aromatic carbocycles. The van der Waals surface area contributed by atoms with Crippen molar-refractivity contribution in [2.75, 3.05) is 7.11 Å². The third-order valence-electron chi connectivity index (χ3n) is 3.48. The molecule has 106 valence electrons. The van der Waals surface area contributed by atoms with Gasteiger partial charge >= 0.3 is 0 Å². The minimum Gasteiger partial charge on any atom is -0.496 e. The fourth-order valence-corrected chi connectivity index (χ4v) is 2.46. The molecule has 1 atom stereocenters. The van der Waals surface area contributed by atoms with Crippen molar-refractivity contribution in [3.63, 3.8) is 0 Å². The number of hydrogen-bond donors (Lipinski definition) is 1. The monoisotopic (exact) mass is 273 g/mol. The van der Waals surface area contributed by atoms with Crippen LogP contribution in [0, 0.1) is 12.7 Å². The maximum absolute atomic E-state index is 13.9. The molecular formula is C17H20FNO. The van der Waals surface area contributed by atoms with Crippen molar-refractivity contribution in [2.45, 2.75) is 25.8 Å². The van der Waals surface area contributed by atoms with Crippen LogP contribution in [0.25, 0.3) is 0 Å². The lowest BCUT2D eigenvalue weighted by atomic mass is 9.85. The topological polar surface area (TPSA) is 35.2 Å². The summed E-state index contributed by atoms with van der Waals surface area (Å²) in [6.45, 7) is 3.85. The first-order chi connectivity index (χ1) is 9.44. The average Bonchev–Trinajstić information content (AvgIpc) is 2.39. The second kappa shape index (κ2) is 5.63. The van der Waals surface area contributed by atoms with E-state index in [1.54, 1.807) is 25.3 Å².